The average molecular weight is 269 g/mol. The van der Waals surface area contributed by atoms with Crippen molar-refractivity contribution in [3.8, 4) is 0 Å². The molecule has 1 aliphatic heterocycles. The number of hydrogen-bond acceptors (Lipinski definition) is 4. The van der Waals surface area contributed by atoms with Crippen molar-refractivity contribution in [3.63, 3.8) is 0 Å². The van der Waals surface area contributed by atoms with Crippen molar-refractivity contribution in [2.24, 2.45) is 11.5 Å². The fraction of sp³-hybridized carbons (Fsp3) is 0.846. The van der Waals surface area contributed by atoms with Gasteiger partial charge in [0, 0.05) is 6.54 Å². The Bertz CT molecular complexity index is 353. The Morgan fingerprint density at radius 2 is 1.89 bits per heavy atom. The predicted molar refractivity (Wildman–Crippen MR) is 70.1 cm³/mol. The Morgan fingerprint density at radius 3 is 2.42 bits per heavy atom. The zero-order valence-electron chi connectivity index (χ0n) is 11.2. The van der Waals surface area contributed by atoms with Gasteiger partial charge in [-0.1, -0.05) is 19.3 Å². The van der Waals surface area contributed by atoms with Crippen molar-refractivity contribution < 1.29 is 14.3 Å². The zero-order valence-corrected chi connectivity index (χ0v) is 11.2. The van der Waals surface area contributed by atoms with E-state index in [-0.39, 0.29) is 12.0 Å². The highest BCUT2D eigenvalue weighted by Crippen LogP contribution is 2.29. The maximum absolute atomic E-state index is 12.2. The number of rotatable bonds is 4. The van der Waals surface area contributed by atoms with Gasteiger partial charge >= 0.3 is 0 Å². The summed E-state index contributed by atoms with van der Waals surface area (Å²) in [5, 5.41) is 2.84. The summed E-state index contributed by atoms with van der Waals surface area (Å²) in [6.07, 6.45) is 5.07. The fourth-order valence-corrected chi connectivity index (χ4v) is 2.98. The van der Waals surface area contributed by atoms with Crippen molar-refractivity contribution in [2.45, 2.75) is 62.7 Å². The molecule has 2 amide bonds. The predicted octanol–water partition coefficient (Wildman–Crippen LogP) is -0.203. The topological polar surface area (TPSA) is 107 Å². The third-order valence-electron chi connectivity index (χ3n) is 4.20. The van der Waals surface area contributed by atoms with E-state index >= 15 is 0 Å². The van der Waals surface area contributed by atoms with E-state index in [1.54, 1.807) is 0 Å². The molecule has 0 aromatic carbocycles. The number of nitrogens with one attached hydrogen (secondary N) is 1. The van der Waals surface area contributed by atoms with Gasteiger partial charge < -0.3 is 21.5 Å². The Labute approximate surface area is 113 Å². The summed E-state index contributed by atoms with van der Waals surface area (Å²) in [6.45, 7) is 0.421. The summed E-state index contributed by atoms with van der Waals surface area (Å²) in [5.74, 6) is -0.662. The van der Waals surface area contributed by atoms with Crippen molar-refractivity contribution in [1.82, 2.24) is 5.32 Å². The van der Waals surface area contributed by atoms with Gasteiger partial charge in [-0.15, -0.1) is 0 Å². The van der Waals surface area contributed by atoms with Gasteiger partial charge in [0.1, 0.15) is 11.6 Å². The van der Waals surface area contributed by atoms with Crippen molar-refractivity contribution in [2.75, 3.05) is 6.54 Å². The van der Waals surface area contributed by atoms with Crippen molar-refractivity contribution in [3.05, 3.63) is 0 Å². The highest BCUT2D eigenvalue weighted by Gasteiger charge is 2.41. The summed E-state index contributed by atoms with van der Waals surface area (Å²) < 4.78 is 5.55. The van der Waals surface area contributed by atoms with Gasteiger partial charge in [-0.2, -0.15) is 0 Å². The van der Waals surface area contributed by atoms with Gasteiger partial charge in [-0.3, -0.25) is 9.59 Å². The summed E-state index contributed by atoms with van der Waals surface area (Å²) in [4.78, 5) is 23.9. The lowest BCUT2D eigenvalue weighted by atomic mass is 9.81. The van der Waals surface area contributed by atoms with E-state index in [9.17, 15) is 9.59 Å². The highest BCUT2D eigenvalue weighted by molar-refractivity contribution is 5.92. The first-order valence-corrected chi connectivity index (χ1v) is 7.05. The number of carbonyl (C=O) groups excluding carboxylic acids is 2. The van der Waals surface area contributed by atoms with Gasteiger partial charge in [0.05, 0.1) is 6.10 Å². The molecular formula is C13H23N3O3. The summed E-state index contributed by atoms with van der Waals surface area (Å²) in [7, 11) is 0. The summed E-state index contributed by atoms with van der Waals surface area (Å²) in [5.41, 5.74) is 10.1. The molecule has 6 nitrogen and oxygen atoms in total. The Kier molecular flexibility index (Phi) is 4.42. The fourth-order valence-electron chi connectivity index (χ4n) is 2.98. The molecule has 0 bridgehead atoms. The lowest BCUT2D eigenvalue weighted by Gasteiger charge is -2.35. The molecular weight excluding hydrogens is 246 g/mol. The molecule has 2 fully saturated rings. The molecule has 2 atom stereocenters. The van der Waals surface area contributed by atoms with Crippen LogP contribution in [0.3, 0.4) is 0 Å². The second kappa shape index (κ2) is 5.88. The van der Waals surface area contributed by atoms with Crippen LogP contribution in [0.15, 0.2) is 0 Å². The molecule has 2 aliphatic rings. The number of ether oxygens (including phenoxy) is 1. The number of amides is 2. The average Bonchev–Trinajstić information content (AvgIpc) is 2.88. The molecule has 1 aliphatic carbocycles. The van der Waals surface area contributed by atoms with Gasteiger partial charge in [-0.05, 0) is 25.7 Å². The molecule has 1 saturated heterocycles. The third-order valence-corrected chi connectivity index (χ3v) is 4.20. The largest absolute Gasteiger partial charge is 0.368 e. The van der Waals surface area contributed by atoms with Crippen LogP contribution in [0.2, 0.25) is 0 Å². The van der Waals surface area contributed by atoms with Gasteiger partial charge in [0.25, 0.3) is 0 Å². The van der Waals surface area contributed by atoms with E-state index in [0.29, 0.717) is 25.8 Å². The molecule has 5 N–H and O–H groups in total. The molecule has 0 radical (unpaired) electrons. The van der Waals surface area contributed by atoms with Crippen LogP contribution >= 0.6 is 0 Å². The molecule has 6 heteroatoms. The summed E-state index contributed by atoms with van der Waals surface area (Å²) in [6, 6.07) is 0. The smallest absolute Gasteiger partial charge is 0.250 e. The Morgan fingerprint density at radius 1 is 1.21 bits per heavy atom. The van der Waals surface area contributed by atoms with Crippen LogP contribution in [0.4, 0.5) is 0 Å². The number of nitrogens with two attached hydrogens (primary N) is 2. The maximum atomic E-state index is 12.2. The molecule has 0 aromatic rings. The molecule has 0 spiro atoms. The van der Waals surface area contributed by atoms with E-state index in [2.05, 4.69) is 5.32 Å². The van der Waals surface area contributed by atoms with E-state index in [1.165, 1.54) is 0 Å². The van der Waals surface area contributed by atoms with E-state index in [0.717, 1.165) is 25.7 Å². The lowest BCUT2D eigenvalue weighted by Crippen LogP contribution is -2.60. The van der Waals surface area contributed by atoms with E-state index in [4.69, 9.17) is 16.2 Å². The van der Waals surface area contributed by atoms with Gasteiger partial charge in [-0.25, -0.2) is 0 Å². The lowest BCUT2D eigenvalue weighted by molar-refractivity contribution is -0.139. The molecule has 0 aromatic heterocycles. The zero-order chi connectivity index (χ0) is 13.9. The SMILES string of the molecule is NC[C@H]1CC[C@@H](C(=O)NC2(C(N)=O)CCCCC2)O1. The Hall–Kier alpha value is -1.14. The quantitative estimate of drug-likeness (QED) is 0.656. The molecule has 1 heterocycles. The minimum atomic E-state index is -0.876. The van der Waals surface area contributed by atoms with Crippen LogP contribution in [-0.2, 0) is 14.3 Å². The third kappa shape index (κ3) is 3.06. The molecule has 0 unspecified atom stereocenters. The molecule has 19 heavy (non-hydrogen) atoms. The first-order chi connectivity index (χ1) is 9.07. The summed E-state index contributed by atoms with van der Waals surface area (Å²) >= 11 is 0. The number of hydrogen-bond donors (Lipinski definition) is 3. The standard InChI is InChI=1S/C13H23N3O3/c14-8-9-4-5-10(19-9)11(17)16-13(12(15)18)6-2-1-3-7-13/h9-10H,1-8,14H2,(H2,15,18)(H,16,17)/t9-,10+/m1/s1. The Balaban J connectivity index is 1.98. The van der Waals surface area contributed by atoms with Gasteiger partial charge in [0.2, 0.25) is 11.8 Å². The second-order valence-electron chi connectivity index (χ2n) is 5.56. The number of carbonyl (C=O) groups is 2. The van der Waals surface area contributed by atoms with Crippen LogP contribution < -0.4 is 16.8 Å². The molecule has 108 valence electrons. The maximum Gasteiger partial charge on any atom is 0.250 e. The van der Waals surface area contributed by atoms with E-state index < -0.39 is 17.6 Å². The van der Waals surface area contributed by atoms with Crippen LogP contribution in [0.25, 0.3) is 0 Å². The monoisotopic (exact) mass is 269 g/mol. The minimum Gasteiger partial charge on any atom is -0.368 e. The van der Waals surface area contributed by atoms with Crippen LogP contribution in [0.1, 0.15) is 44.9 Å². The highest BCUT2D eigenvalue weighted by atomic mass is 16.5. The first-order valence-electron chi connectivity index (χ1n) is 7.05. The minimum absolute atomic E-state index is 0.0494. The van der Waals surface area contributed by atoms with Crippen LogP contribution in [0.5, 0.6) is 0 Å². The molecule has 1 saturated carbocycles. The van der Waals surface area contributed by atoms with Crippen molar-refractivity contribution in [1.29, 1.82) is 0 Å². The van der Waals surface area contributed by atoms with E-state index in [1.807, 2.05) is 0 Å². The van der Waals surface area contributed by atoms with Crippen LogP contribution in [-0.4, -0.2) is 36.1 Å². The second-order valence-corrected chi connectivity index (χ2v) is 5.56. The van der Waals surface area contributed by atoms with Crippen LogP contribution in [0, 0.1) is 0 Å². The molecule has 2 rings (SSSR count). The number of primary amides is 1. The normalized spacial score (nSPS) is 29.9. The van der Waals surface area contributed by atoms with Crippen molar-refractivity contribution >= 4 is 11.8 Å². The van der Waals surface area contributed by atoms with Gasteiger partial charge in [0.15, 0.2) is 0 Å². The first kappa shape index (κ1) is 14.3.